The molecule has 0 N–H and O–H groups in total. The molecule has 0 saturated heterocycles. The molecule has 3 heteroatoms. The van der Waals surface area contributed by atoms with Crippen molar-refractivity contribution >= 4 is 27.5 Å². The Bertz CT molecular complexity index is 997. The van der Waals surface area contributed by atoms with Gasteiger partial charge in [0.15, 0.2) is 5.78 Å². The first kappa shape index (κ1) is 17.5. The summed E-state index contributed by atoms with van der Waals surface area (Å²) in [7, 11) is -3.10. The topological polar surface area (TPSA) is 17.1 Å². The van der Waals surface area contributed by atoms with Crippen LogP contribution in [0.4, 0.5) is 0 Å². The summed E-state index contributed by atoms with van der Waals surface area (Å²) in [6, 6.07) is 8.12. The molecule has 0 aliphatic heterocycles. The maximum Gasteiger partial charge on any atom is 0.194 e. The van der Waals surface area contributed by atoms with Gasteiger partial charge in [-0.1, -0.05) is 87.0 Å². The molecule has 132 valence electrons. The number of carbonyl (C=O) groups is 1. The number of hydrogen-bond donors (Lipinski definition) is 0. The fourth-order valence-electron chi connectivity index (χ4n) is 4.08. The predicted molar refractivity (Wildman–Crippen MR) is 116 cm³/mol. The number of rotatable bonds is 2. The third kappa shape index (κ3) is 2.54. The Hall–Kier alpha value is -1.94. The zero-order valence-electron chi connectivity index (χ0n) is 16.5. The van der Waals surface area contributed by atoms with Gasteiger partial charge in [0.2, 0.25) is 0 Å². The van der Waals surface area contributed by atoms with Crippen LogP contribution >= 0.6 is 0 Å². The second-order valence-corrected chi connectivity index (χ2v) is 19.6. The highest BCUT2D eigenvalue weighted by Gasteiger charge is 2.41. The molecular weight excluding hydrogens is 348 g/mol. The van der Waals surface area contributed by atoms with E-state index in [0.29, 0.717) is 0 Å². The zero-order valence-corrected chi connectivity index (χ0v) is 18.5. The van der Waals surface area contributed by atoms with Gasteiger partial charge in [-0.05, 0) is 10.8 Å². The molecule has 0 aromatic heterocycles. The lowest BCUT2D eigenvalue weighted by Gasteiger charge is -2.31. The second kappa shape index (κ2) is 5.53. The Morgan fingerprint density at radius 3 is 2.15 bits per heavy atom. The third-order valence-corrected chi connectivity index (χ3v) is 9.43. The van der Waals surface area contributed by atoms with Gasteiger partial charge in [0, 0.05) is 28.2 Å². The summed E-state index contributed by atoms with van der Waals surface area (Å²) in [4.78, 5) is 13.3. The highest BCUT2D eigenvalue weighted by molar-refractivity contribution is 6.85. The first-order chi connectivity index (χ1) is 12.1. The molecule has 3 aliphatic rings. The minimum Gasteiger partial charge on any atom is -0.289 e. The molecule has 0 saturated carbocycles. The van der Waals surface area contributed by atoms with E-state index in [4.69, 9.17) is 0 Å². The Kier molecular flexibility index (Phi) is 3.72. The van der Waals surface area contributed by atoms with Crippen molar-refractivity contribution in [2.75, 3.05) is 0 Å². The van der Waals surface area contributed by atoms with Gasteiger partial charge in [0.1, 0.15) is 0 Å². The number of hydrogen-bond acceptors (Lipinski definition) is 1. The highest BCUT2D eigenvalue weighted by atomic mass is 28.3. The van der Waals surface area contributed by atoms with Crippen molar-refractivity contribution < 1.29 is 4.79 Å². The van der Waals surface area contributed by atoms with Crippen LogP contribution < -0.4 is 0 Å². The van der Waals surface area contributed by atoms with Crippen molar-refractivity contribution in [3.8, 4) is 0 Å². The van der Waals surface area contributed by atoms with Crippen LogP contribution in [-0.2, 0) is 0 Å². The van der Waals surface area contributed by atoms with Gasteiger partial charge in [-0.2, -0.15) is 0 Å². The third-order valence-electron chi connectivity index (χ3n) is 5.49. The molecule has 0 heterocycles. The van der Waals surface area contributed by atoms with Crippen molar-refractivity contribution in [1.82, 2.24) is 0 Å². The Labute approximate surface area is 158 Å². The molecule has 26 heavy (non-hydrogen) atoms. The van der Waals surface area contributed by atoms with E-state index in [1.807, 2.05) is 18.2 Å². The summed E-state index contributed by atoms with van der Waals surface area (Å²) < 4.78 is 0. The van der Waals surface area contributed by atoms with Crippen molar-refractivity contribution in [2.24, 2.45) is 5.92 Å². The average Bonchev–Trinajstić information content (AvgIpc) is 2.86. The number of Topliss-reactive ketones (excluding diaryl/α,β-unsaturated/α-hetero) is 1. The number of fused-ring (bicyclic) bond motifs is 4. The number of ketones is 1. The van der Waals surface area contributed by atoms with E-state index in [9.17, 15) is 4.79 Å². The first-order valence-corrected chi connectivity index (χ1v) is 16.4. The van der Waals surface area contributed by atoms with Gasteiger partial charge in [-0.25, -0.2) is 0 Å². The fourth-order valence-corrected chi connectivity index (χ4v) is 6.85. The van der Waals surface area contributed by atoms with Crippen molar-refractivity contribution in [1.29, 1.82) is 0 Å². The Morgan fingerprint density at radius 1 is 0.885 bits per heavy atom. The summed E-state index contributed by atoms with van der Waals surface area (Å²) in [5.74, 6) is 0.454. The lowest BCUT2D eigenvalue weighted by atomic mass is 9.82. The van der Waals surface area contributed by atoms with Gasteiger partial charge in [0.25, 0.3) is 0 Å². The molecule has 1 unspecified atom stereocenters. The van der Waals surface area contributed by atoms with Crippen LogP contribution in [-0.4, -0.2) is 21.9 Å². The smallest absolute Gasteiger partial charge is 0.194 e. The number of allylic oxidation sites excluding steroid dienone is 7. The van der Waals surface area contributed by atoms with Crippen molar-refractivity contribution in [3.05, 3.63) is 80.9 Å². The van der Waals surface area contributed by atoms with Crippen LogP contribution in [0.25, 0.3) is 5.57 Å². The van der Waals surface area contributed by atoms with Crippen LogP contribution in [0.1, 0.15) is 15.9 Å². The summed E-state index contributed by atoms with van der Waals surface area (Å²) in [5.41, 5.74) is 9.07. The molecule has 3 aliphatic carbocycles. The molecule has 4 rings (SSSR count). The fraction of sp³-hybridized carbons (Fsp3) is 0.304. The maximum absolute atomic E-state index is 13.3. The SMILES string of the molecule is C[Si](C)(C)C1=C=C2C3=C(C(=O)c4ccccc43)C([Si](C)(C)C)=CC2C=C1. The zero-order chi connectivity index (χ0) is 18.9. The average molecular weight is 375 g/mol. The van der Waals surface area contributed by atoms with Gasteiger partial charge >= 0.3 is 0 Å². The summed E-state index contributed by atoms with van der Waals surface area (Å²) in [6.07, 6.45) is 6.97. The largest absolute Gasteiger partial charge is 0.289 e. The van der Waals surface area contributed by atoms with Crippen LogP contribution in [0.15, 0.2) is 69.8 Å². The molecule has 0 spiro atoms. The quantitative estimate of drug-likeness (QED) is 0.460. The molecule has 0 bridgehead atoms. The lowest BCUT2D eigenvalue weighted by molar-refractivity contribution is 0.104. The van der Waals surface area contributed by atoms with E-state index in [1.54, 1.807) is 0 Å². The van der Waals surface area contributed by atoms with E-state index < -0.39 is 16.1 Å². The van der Waals surface area contributed by atoms with E-state index in [0.717, 1.165) is 22.3 Å². The minimum atomic E-state index is -1.64. The van der Waals surface area contributed by atoms with Crippen LogP contribution in [0.5, 0.6) is 0 Å². The van der Waals surface area contributed by atoms with E-state index in [-0.39, 0.29) is 11.7 Å². The standard InChI is InChI=1S/C23H26OSi2/c1-25(2,3)16-12-11-15-13-20(26(4,5)6)22-21(19(15)14-16)17-9-7-8-10-18(17)23(22)24/h7-13,15H,1-6H3. The Balaban J connectivity index is 2.07. The second-order valence-electron chi connectivity index (χ2n) is 9.54. The van der Waals surface area contributed by atoms with Crippen LogP contribution in [0, 0.1) is 5.92 Å². The predicted octanol–water partition coefficient (Wildman–Crippen LogP) is 5.97. The molecule has 1 nitrogen and oxygen atoms in total. The van der Waals surface area contributed by atoms with Crippen molar-refractivity contribution in [3.63, 3.8) is 0 Å². The monoisotopic (exact) mass is 374 g/mol. The summed E-state index contributed by atoms with van der Waals surface area (Å²) in [5, 5.41) is 2.66. The Morgan fingerprint density at radius 2 is 1.54 bits per heavy atom. The van der Waals surface area contributed by atoms with Gasteiger partial charge < -0.3 is 0 Å². The minimum absolute atomic E-state index is 0.209. The molecule has 0 radical (unpaired) electrons. The number of carbonyl (C=O) groups excluding carboxylic acids is 1. The summed E-state index contributed by atoms with van der Waals surface area (Å²) in [6.45, 7) is 14.1. The first-order valence-electron chi connectivity index (χ1n) is 9.40. The van der Waals surface area contributed by atoms with E-state index in [2.05, 4.69) is 69.3 Å². The van der Waals surface area contributed by atoms with Crippen LogP contribution in [0.3, 0.4) is 0 Å². The van der Waals surface area contributed by atoms with Gasteiger partial charge in [0.05, 0.1) is 16.1 Å². The molecule has 1 aromatic carbocycles. The van der Waals surface area contributed by atoms with E-state index >= 15 is 0 Å². The molecular formula is C23H26OSi2. The van der Waals surface area contributed by atoms with Crippen molar-refractivity contribution in [2.45, 2.75) is 39.3 Å². The molecule has 0 amide bonds. The molecule has 1 atom stereocenters. The highest BCUT2D eigenvalue weighted by Crippen LogP contribution is 2.49. The maximum atomic E-state index is 13.3. The molecule has 0 fully saturated rings. The molecule has 1 aromatic rings. The van der Waals surface area contributed by atoms with E-state index in [1.165, 1.54) is 16.0 Å². The van der Waals surface area contributed by atoms with Gasteiger partial charge in [-0.3, -0.25) is 4.79 Å². The number of benzene rings is 1. The van der Waals surface area contributed by atoms with Crippen LogP contribution in [0.2, 0.25) is 39.3 Å². The van der Waals surface area contributed by atoms with Gasteiger partial charge in [-0.15, -0.1) is 5.73 Å². The normalized spacial score (nSPS) is 21.7. The summed E-state index contributed by atoms with van der Waals surface area (Å²) >= 11 is 0. The lowest BCUT2D eigenvalue weighted by Crippen LogP contribution is -2.30.